The summed E-state index contributed by atoms with van der Waals surface area (Å²) in [5.74, 6) is -0.0700. The predicted molar refractivity (Wildman–Crippen MR) is 121 cm³/mol. The van der Waals surface area contributed by atoms with Gasteiger partial charge in [-0.2, -0.15) is 13.2 Å². The average Bonchev–Trinajstić information content (AvgIpc) is 3.49. The molecule has 188 valence electrons. The van der Waals surface area contributed by atoms with Crippen LogP contribution in [0.2, 0.25) is 0 Å². The first-order valence-corrected chi connectivity index (χ1v) is 12.1. The molecule has 1 saturated heterocycles. The molecule has 1 aliphatic carbocycles. The Morgan fingerprint density at radius 3 is 2.61 bits per heavy atom. The van der Waals surface area contributed by atoms with Gasteiger partial charge in [0.1, 0.15) is 0 Å². The highest BCUT2D eigenvalue weighted by atomic mass is 19.4. The van der Waals surface area contributed by atoms with Crippen molar-refractivity contribution in [3.05, 3.63) is 29.1 Å². The van der Waals surface area contributed by atoms with E-state index in [1.165, 1.54) is 0 Å². The van der Waals surface area contributed by atoms with Crippen molar-refractivity contribution in [3.63, 3.8) is 0 Å². The summed E-state index contributed by atoms with van der Waals surface area (Å²) in [5.41, 5.74) is 0.389. The van der Waals surface area contributed by atoms with Gasteiger partial charge in [0, 0.05) is 50.5 Å². The number of halogens is 3. The summed E-state index contributed by atoms with van der Waals surface area (Å²) in [6.45, 7) is 9.87. The molecule has 4 atom stereocenters. The molecule has 9 heteroatoms. The van der Waals surface area contributed by atoms with Crippen molar-refractivity contribution in [2.24, 2.45) is 5.92 Å². The molecule has 33 heavy (non-hydrogen) atoms. The molecule has 0 radical (unpaired) electrons. The molecule has 2 fully saturated rings. The van der Waals surface area contributed by atoms with Crippen LogP contribution in [0.25, 0.3) is 0 Å². The Balaban J connectivity index is 0.000000914. The molecule has 4 rings (SSSR count). The molecular weight excluding hydrogens is 435 g/mol. The van der Waals surface area contributed by atoms with E-state index in [0.717, 1.165) is 31.5 Å². The lowest BCUT2D eigenvalue weighted by Crippen LogP contribution is -2.45. The number of carbonyl (C=O) groups excluding carboxylic acids is 1. The Labute approximate surface area is 195 Å². The SMILES string of the molecule is CC.CC.COC1COCC1NC1CCC(C(=O)N2CCc3ncc(C(F)(F)F)cc3C2)C1. The minimum absolute atomic E-state index is 0.0266. The van der Waals surface area contributed by atoms with Gasteiger partial charge in [0.25, 0.3) is 0 Å². The lowest BCUT2D eigenvalue weighted by atomic mass is 10.00. The second-order valence-corrected chi connectivity index (χ2v) is 8.13. The fourth-order valence-corrected chi connectivity index (χ4v) is 4.61. The Kier molecular flexibility index (Phi) is 10.6. The van der Waals surface area contributed by atoms with Crippen molar-refractivity contribution in [2.45, 2.75) is 84.3 Å². The first-order valence-electron chi connectivity index (χ1n) is 12.1. The lowest BCUT2D eigenvalue weighted by Gasteiger charge is -2.31. The van der Waals surface area contributed by atoms with E-state index in [4.69, 9.17) is 9.47 Å². The second kappa shape index (κ2) is 12.7. The van der Waals surface area contributed by atoms with E-state index in [1.807, 2.05) is 27.7 Å². The Morgan fingerprint density at radius 2 is 1.94 bits per heavy atom. The van der Waals surface area contributed by atoms with E-state index < -0.39 is 11.7 Å². The summed E-state index contributed by atoms with van der Waals surface area (Å²) in [6.07, 6.45) is -0.622. The summed E-state index contributed by atoms with van der Waals surface area (Å²) >= 11 is 0. The van der Waals surface area contributed by atoms with Crippen LogP contribution in [-0.2, 0) is 33.4 Å². The van der Waals surface area contributed by atoms with Gasteiger partial charge in [-0.15, -0.1) is 0 Å². The highest BCUT2D eigenvalue weighted by Crippen LogP contribution is 2.33. The van der Waals surface area contributed by atoms with E-state index in [1.54, 1.807) is 12.0 Å². The monoisotopic (exact) mass is 473 g/mol. The maximum Gasteiger partial charge on any atom is 0.417 e. The highest BCUT2D eigenvalue weighted by molar-refractivity contribution is 5.79. The normalized spacial score (nSPS) is 26.6. The van der Waals surface area contributed by atoms with Gasteiger partial charge in [-0.25, -0.2) is 0 Å². The maximum atomic E-state index is 13.0. The van der Waals surface area contributed by atoms with Crippen LogP contribution in [0.5, 0.6) is 0 Å². The quantitative estimate of drug-likeness (QED) is 0.710. The summed E-state index contributed by atoms with van der Waals surface area (Å²) < 4.78 is 49.8. The number of carbonyl (C=O) groups is 1. The van der Waals surface area contributed by atoms with Crippen LogP contribution in [0, 0.1) is 5.92 Å². The Bertz CT molecular complexity index is 760. The number of pyridine rings is 1. The number of rotatable bonds is 4. The number of fused-ring (bicyclic) bond motifs is 1. The molecule has 2 aliphatic heterocycles. The topological polar surface area (TPSA) is 63.7 Å². The van der Waals surface area contributed by atoms with Crippen molar-refractivity contribution in [2.75, 3.05) is 26.9 Å². The van der Waals surface area contributed by atoms with E-state index in [9.17, 15) is 18.0 Å². The number of nitrogens with one attached hydrogen (secondary N) is 1. The molecular formula is C24H38F3N3O3. The summed E-state index contributed by atoms with van der Waals surface area (Å²) in [6, 6.07) is 1.49. The summed E-state index contributed by atoms with van der Waals surface area (Å²) in [4.78, 5) is 18.7. The maximum absolute atomic E-state index is 13.0. The molecule has 1 aromatic heterocycles. The number of ether oxygens (including phenoxy) is 2. The minimum atomic E-state index is -4.43. The van der Waals surface area contributed by atoms with E-state index in [2.05, 4.69) is 10.3 Å². The third-order valence-corrected chi connectivity index (χ3v) is 6.24. The summed E-state index contributed by atoms with van der Waals surface area (Å²) in [5, 5.41) is 3.55. The van der Waals surface area contributed by atoms with Gasteiger partial charge >= 0.3 is 6.18 Å². The molecule has 1 N–H and O–H groups in total. The first-order chi connectivity index (χ1) is 15.8. The van der Waals surface area contributed by atoms with Gasteiger partial charge in [0.2, 0.25) is 5.91 Å². The van der Waals surface area contributed by atoms with Gasteiger partial charge in [-0.05, 0) is 30.9 Å². The van der Waals surface area contributed by atoms with Crippen molar-refractivity contribution >= 4 is 5.91 Å². The fraction of sp³-hybridized carbons (Fsp3) is 0.750. The van der Waals surface area contributed by atoms with Crippen LogP contribution in [-0.4, -0.2) is 60.8 Å². The van der Waals surface area contributed by atoms with Crippen LogP contribution < -0.4 is 5.32 Å². The molecule has 1 aromatic rings. The van der Waals surface area contributed by atoms with Gasteiger partial charge in [-0.3, -0.25) is 9.78 Å². The molecule has 6 nitrogen and oxygen atoms in total. The van der Waals surface area contributed by atoms with Gasteiger partial charge in [-0.1, -0.05) is 27.7 Å². The highest BCUT2D eigenvalue weighted by Gasteiger charge is 2.38. The molecule has 1 amide bonds. The molecule has 3 heterocycles. The van der Waals surface area contributed by atoms with Crippen LogP contribution in [0.4, 0.5) is 13.2 Å². The van der Waals surface area contributed by atoms with E-state index in [0.29, 0.717) is 37.4 Å². The fourth-order valence-electron chi connectivity index (χ4n) is 4.61. The van der Waals surface area contributed by atoms with Crippen LogP contribution in [0.1, 0.15) is 63.8 Å². The number of hydrogen-bond acceptors (Lipinski definition) is 5. The van der Waals surface area contributed by atoms with Crippen molar-refractivity contribution < 1.29 is 27.4 Å². The number of alkyl halides is 3. The second-order valence-electron chi connectivity index (χ2n) is 8.13. The molecule has 0 aromatic carbocycles. The predicted octanol–water partition coefficient (Wildman–Crippen LogP) is 4.21. The Hall–Kier alpha value is -1.71. The smallest absolute Gasteiger partial charge is 0.377 e. The third-order valence-electron chi connectivity index (χ3n) is 6.24. The number of hydrogen-bond donors (Lipinski definition) is 1. The molecule has 0 bridgehead atoms. The Morgan fingerprint density at radius 1 is 1.21 bits per heavy atom. The van der Waals surface area contributed by atoms with E-state index >= 15 is 0 Å². The zero-order valence-corrected chi connectivity index (χ0v) is 20.4. The van der Waals surface area contributed by atoms with Crippen LogP contribution in [0.3, 0.4) is 0 Å². The molecule has 0 spiro atoms. The van der Waals surface area contributed by atoms with Gasteiger partial charge in [0.05, 0.1) is 30.9 Å². The first kappa shape index (κ1) is 27.5. The van der Waals surface area contributed by atoms with Crippen molar-refractivity contribution in [3.8, 4) is 0 Å². The van der Waals surface area contributed by atoms with Crippen molar-refractivity contribution in [1.29, 1.82) is 0 Å². The number of aromatic nitrogens is 1. The zero-order chi connectivity index (χ0) is 24.6. The summed E-state index contributed by atoms with van der Waals surface area (Å²) in [7, 11) is 1.67. The van der Waals surface area contributed by atoms with Crippen molar-refractivity contribution in [1.82, 2.24) is 15.2 Å². The molecule has 3 aliphatic rings. The standard InChI is InChI=1S/C20H26F3N3O3.2C2H6/c1-28-18-11-29-10-17(18)25-15-3-2-12(7-15)19(27)26-5-4-16-13(9-26)6-14(8-24-16)20(21,22)23;2*1-2/h6,8,12,15,17-18,25H,2-5,7,9-11H2,1H3;2*1-2H3. The van der Waals surface area contributed by atoms with E-state index in [-0.39, 0.29) is 36.6 Å². The minimum Gasteiger partial charge on any atom is -0.377 e. The zero-order valence-electron chi connectivity index (χ0n) is 20.4. The molecule has 1 saturated carbocycles. The average molecular weight is 474 g/mol. The third kappa shape index (κ3) is 6.90. The number of nitrogens with zero attached hydrogens (tertiary/aromatic N) is 2. The van der Waals surface area contributed by atoms with Gasteiger partial charge in [0.15, 0.2) is 0 Å². The van der Waals surface area contributed by atoms with Crippen LogP contribution in [0.15, 0.2) is 12.3 Å². The van der Waals surface area contributed by atoms with Crippen LogP contribution >= 0.6 is 0 Å². The molecule has 4 unspecified atom stereocenters. The number of methoxy groups -OCH3 is 1. The largest absolute Gasteiger partial charge is 0.417 e. The number of amides is 1. The lowest BCUT2D eigenvalue weighted by molar-refractivity contribution is -0.137. The van der Waals surface area contributed by atoms with Gasteiger partial charge < -0.3 is 19.7 Å².